The number of nitrogens with one attached hydrogen (secondary N) is 1. The minimum Gasteiger partial charge on any atom is -0.365 e. The van der Waals surface area contributed by atoms with Gasteiger partial charge < -0.3 is 11.1 Å². The molecular formula is C16H21N5O2S. The molecule has 0 unspecified atom stereocenters. The maximum atomic E-state index is 12.6. The second-order valence-electron chi connectivity index (χ2n) is 5.94. The molecule has 3 rings (SSSR count). The minimum atomic E-state index is -0.491. The first-order valence-electron chi connectivity index (χ1n) is 7.89. The highest BCUT2D eigenvalue weighted by Gasteiger charge is 2.28. The van der Waals surface area contributed by atoms with Gasteiger partial charge in [-0.05, 0) is 31.0 Å². The van der Waals surface area contributed by atoms with Crippen LogP contribution in [0.2, 0.25) is 0 Å². The number of nitrogens with two attached hydrogens (primary N) is 1. The third-order valence-corrected chi connectivity index (χ3v) is 5.53. The number of amides is 2. The van der Waals surface area contributed by atoms with E-state index >= 15 is 0 Å². The van der Waals surface area contributed by atoms with Gasteiger partial charge in [0, 0.05) is 25.0 Å². The maximum Gasteiger partial charge on any atom is 0.274 e. The Labute approximate surface area is 144 Å². The zero-order valence-electron chi connectivity index (χ0n) is 14.0. The second kappa shape index (κ2) is 6.37. The monoisotopic (exact) mass is 347 g/mol. The number of likely N-dealkylation sites (N-methyl/N-ethyl adjacent to an activating group) is 1. The molecule has 0 bridgehead atoms. The number of carbonyl (C=O) groups is 2. The summed E-state index contributed by atoms with van der Waals surface area (Å²) in [5.74, 6) is -0.768. The van der Waals surface area contributed by atoms with Crippen LogP contribution in [0, 0.1) is 6.92 Å². The fourth-order valence-electron chi connectivity index (χ4n) is 3.11. The Balaban J connectivity index is 1.95. The van der Waals surface area contributed by atoms with Gasteiger partial charge in [-0.3, -0.25) is 19.2 Å². The summed E-state index contributed by atoms with van der Waals surface area (Å²) < 4.78 is 1.53. The van der Waals surface area contributed by atoms with Crippen molar-refractivity contribution in [1.82, 2.24) is 14.7 Å². The predicted octanol–water partition coefficient (Wildman–Crippen LogP) is 1.52. The van der Waals surface area contributed by atoms with E-state index < -0.39 is 5.91 Å². The van der Waals surface area contributed by atoms with E-state index in [0.717, 1.165) is 42.1 Å². The lowest BCUT2D eigenvalue weighted by Crippen LogP contribution is -2.30. The smallest absolute Gasteiger partial charge is 0.274 e. The normalized spacial score (nSPS) is 14.5. The average Bonchev–Trinajstić information content (AvgIpc) is 3.05. The van der Waals surface area contributed by atoms with E-state index in [1.807, 2.05) is 6.92 Å². The number of carbonyl (C=O) groups excluding carboxylic acids is 2. The summed E-state index contributed by atoms with van der Waals surface area (Å²) in [4.78, 5) is 28.0. The molecule has 0 radical (unpaired) electrons. The van der Waals surface area contributed by atoms with Crippen LogP contribution in [0.15, 0.2) is 6.20 Å². The summed E-state index contributed by atoms with van der Waals surface area (Å²) in [6, 6.07) is 0. The number of nitrogens with zero attached hydrogens (tertiary/aromatic N) is 3. The molecule has 2 amide bonds. The van der Waals surface area contributed by atoms with Gasteiger partial charge in [0.2, 0.25) is 0 Å². The number of fused-ring (bicyclic) bond motifs is 1. The lowest BCUT2D eigenvalue weighted by molar-refractivity contribution is 0.1000. The Bertz CT molecular complexity index is 788. The van der Waals surface area contributed by atoms with Gasteiger partial charge in [0.15, 0.2) is 0 Å². The van der Waals surface area contributed by atoms with Gasteiger partial charge in [-0.1, -0.05) is 6.92 Å². The molecule has 2 aromatic rings. The summed E-state index contributed by atoms with van der Waals surface area (Å²) >= 11 is 1.44. The Hall–Kier alpha value is -2.19. The largest absolute Gasteiger partial charge is 0.365 e. The molecular weight excluding hydrogens is 326 g/mol. The number of hydrogen-bond donors (Lipinski definition) is 2. The molecule has 8 heteroatoms. The van der Waals surface area contributed by atoms with Crippen molar-refractivity contribution < 1.29 is 9.59 Å². The quantitative estimate of drug-likeness (QED) is 0.877. The summed E-state index contributed by atoms with van der Waals surface area (Å²) in [7, 11) is 1.72. The van der Waals surface area contributed by atoms with Gasteiger partial charge in [0.25, 0.3) is 11.8 Å². The number of primary amides is 1. The number of aryl methyl sites for hydroxylation is 2. The fraction of sp³-hybridized carbons (Fsp3) is 0.438. The molecule has 0 spiro atoms. The molecule has 0 atom stereocenters. The molecule has 3 N–H and O–H groups in total. The van der Waals surface area contributed by atoms with Crippen molar-refractivity contribution >= 4 is 28.2 Å². The molecule has 7 nitrogen and oxygen atoms in total. The van der Waals surface area contributed by atoms with Crippen LogP contribution in [0.3, 0.4) is 0 Å². The molecule has 128 valence electrons. The van der Waals surface area contributed by atoms with Crippen molar-refractivity contribution in [2.75, 3.05) is 18.4 Å². The van der Waals surface area contributed by atoms with Crippen molar-refractivity contribution in [3.8, 4) is 0 Å². The van der Waals surface area contributed by atoms with Crippen LogP contribution in [0.1, 0.15) is 43.8 Å². The Kier molecular flexibility index (Phi) is 4.42. The van der Waals surface area contributed by atoms with Gasteiger partial charge in [0.05, 0.1) is 11.8 Å². The second-order valence-corrected chi connectivity index (χ2v) is 7.05. The highest BCUT2D eigenvalue weighted by atomic mass is 32.1. The zero-order chi connectivity index (χ0) is 17.4. The topological polar surface area (TPSA) is 93.2 Å². The molecule has 0 aromatic carbocycles. The third kappa shape index (κ3) is 2.83. The summed E-state index contributed by atoms with van der Waals surface area (Å²) in [6.07, 6.45) is 2.42. The Morgan fingerprint density at radius 1 is 1.46 bits per heavy atom. The van der Waals surface area contributed by atoms with Crippen molar-refractivity contribution in [3.63, 3.8) is 0 Å². The number of aromatic nitrogens is 2. The number of rotatable bonds is 4. The fourth-order valence-corrected chi connectivity index (χ4v) is 4.40. The van der Waals surface area contributed by atoms with E-state index in [9.17, 15) is 9.59 Å². The van der Waals surface area contributed by atoms with Crippen molar-refractivity contribution in [2.24, 2.45) is 12.8 Å². The Morgan fingerprint density at radius 2 is 2.21 bits per heavy atom. The summed E-state index contributed by atoms with van der Waals surface area (Å²) in [6.45, 7) is 6.59. The molecule has 1 aliphatic rings. The summed E-state index contributed by atoms with van der Waals surface area (Å²) in [5, 5.41) is 7.49. The van der Waals surface area contributed by atoms with Crippen LogP contribution in [-0.4, -0.2) is 39.6 Å². The van der Waals surface area contributed by atoms with Crippen LogP contribution in [-0.2, 0) is 20.0 Å². The SMILES string of the molecule is CCN1CCc2c(sc(NC(=O)c3c(C)cnn3C)c2C(N)=O)C1. The van der Waals surface area contributed by atoms with Crippen LogP contribution >= 0.6 is 11.3 Å². The average molecular weight is 347 g/mol. The van der Waals surface area contributed by atoms with Crippen LogP contribution < -0.4 is 11.1 Å². The van der Waals surface area contributed by atoms with Crippen molar-refractivity contribution in [3.05, 3.63) is 33.5 Å². The van der Waals surface area contributed by atoms with E-state index in [1.54, 1.807) is 13.2 Å². The molecule has 0 fully saturated rings. The molecule has 1 aliphatic heterocycles. The highest BCUT2D eigenvalue weighted by molar-refractivity contribution is 7.17. The van der Waals surface area contributed by atoms with Crippen LogP contribution in [0.4, 0.5) is 5.00 Å². The third-order valence-electron chi connectivity index (χ3n) is 4.39. The minimum absolute atomic E-state index is 0.277. The first-order chi connectivity index (χ1) is 11.4. The van der Waals surface area contributed by atoms with E-state index in [1.165, 1.54) is 16.0 Å². The molecule has 3 heterocycles. The van der Waals surface area contributed by atoms with Crippen LogP contribution in [0.5, 0.6) is 0 Å². The van der Waals surface area contributed by atoms with E-state index in [4.69, 9.17) is 5.73 Å². The van der Waals surface area contributed by atoms with E-state index in [2.05, 4.69) is 22.2 Å². The first-order valence-corrected chi connectivity index (χ1v) is 8.70. The zero-order valence-corrected chi connectivity index (χ0v) is 14.9. The molecule has 0 saturated heterocycles. The van der Waals surface area contributed by atoms with Gasteiger partial charge in [0.1, 0.15) is 10.7 Å². The lowest BCUT2D eigenvalue weighted by atomic mass is 10.0. The Morgan fingerprint density at radius 3 is 2.79 bits per heavy atom. The first kappa shape index (κ1) is 16.7. The summed E-state index contributed by atoms with van der Waals surface area (Å²) in [5.41, 5.74) is 8.29. The van der Waals surface area contributed by atoms with Gasteiger partial charge >= 0.3 is 0 Å². The molecule has 0 saturated carbocycles. The van der Waals surface area contributed by atoms with E-state index in [0.29, 0.717) is 16.3 Å². The van der Waals surface area contributed by atoms with Crippen molar-refractivity contribution in [1.29, 1.82) is 0 Å². The number of anilines is 1. The van der Waals surface area contributed by atoms with Crippen LogP contribution in [0.25, 0.3) is 0 Å². The van der Waals surface area contributed by atoms with E-state index in [-0.39, 0.29) is 5.91 Å². The maximum absolute atomic E-state index is 12.6. The lowest BCUT2D eigenvalue weighted by Gasteiger charge is -2.25. The molecule has 2 aromatic heterocycles. The number of hydrogen-bond acceptors (Lipinski definition) is 5. The van der Waals surface area contributed by atoms with Crippen molar-refractivity contribution in [2.45, 2.75) is 26.8 Å². The molecule has 0 aliphatic carbocycles. The van der Waals surface area contributed by atoms with Gasteiger partial charge in [-0.15, -0.1) is 11.3 Å². The number of thiophene rings is 1. The van der Waals surface area contributed by atoms with Gasteiger partial charge in [-0.2, -0.15) is 5.10 Å². The highest BCUT2D eigenvalue weighted by Crippen LogP contribution is 2.37. The van der Waals surface area contributed by atoms with Gasteiger partial charge in [-0.25, -0.2) is 0 Å². The standard InChI is InChI=1S/C16H21N5O2S/c1-4-21-6-5-10-11(8-21)24-16(12(10)14(17)22)19-15(23)13-9(2)7-18-20(13)3/h7H,4-6,8H2,1-3H3,(H2,17,22)(H,19,23). The predicted molar refractivity (Wildman–Crippen MR) is 93.4 cm³/mol. The molecule has 24 heavy (non-hydrogen) atoms.